The van der Waals surface area contributed by atoms with Crippen LogP contribution in [0.25, 0.3) is 0 Å². The second-order valence-electron chi connectivity index (χ2n) is 6.64. The first-order valence-corrected chi connectivity index (χ1v) is 9.88. The van der Waals surface area contributed by atoms with Crippen molar-refractivity contribution >= 4 is 23.6 Å². The van der Waals surface area contributed by atoms with Crippen LogP contribution in [0.4, 0.5) is 0 Å². The Labute approximate surface area is 149 Å². The first-order chi connectivity index (χ1) is 11.5. The predicted octanol–water partition coefficient (Wildman–Crippen LogP) is 3.04. The lowest BCUT2D eigenvalue weighted by Gasteiger charge is -2.18. The Morgan fingerprint density at radius 3 is 2.50 bits per heavy atom. The molecule has 1 atom stereocenters. The van der Waals surface area contributed by atoms with Crippen LogP contribution in [0.1, 0.15) is 43.7 Å². The largest absolute Gasteiger partial charge is 0.350 e. The molecular weight excluding hydrogens is 320 g/mol. The third-order valence-corrected chi connectivity index (χ3v) is 5.67. The van der Waals surface area contributed by atoms with Crippen LogP contribution in [-0.4, -0.2) is 29.4 Å². The minimum absolute atomic E-state index is 0.107. The number of thioether (sulfide) groups is 1. The fourth-order valence-corrected chi connectivity index (χ4v) is 4.25. The molecule has 132 valence electrons. The Kier molecular flexibility index (Phi) is 7.63. The van der Waals surface area contributed by atoms with Gasteiger partial charge < -0.3 is 10.6 Å². The summed E-state index contributed by atoms with van der Waals surface area (Å²) >= 11 is 1.78. The summed E-state index contributed by atoms with van der Waals surface area (Å²) in [7, 11) is 0. The highest BCUT2D eigenvalue weighted by Gasteiger charge is 2.21. The van der Waals surface area contributed by atoms with Gasteiger partial charge in [-0.05, 0) is 37.0 Å². The van der Waals surface area contributed by atoms with Gasteiger partial charge in [-0.1, -0.05) is 42.7 Å². The maximum Gasteiger partial charge on any atom is 0.243 e. The molecule has 1 fully saturated rings. The van der Waals surface area contributed by atoms with Gasteiger partial charge in [0.2, 0.25) is 11.8 Å². The zero-order chi connectivity index (χ0) is 17.4. The van der Waals surface area contributed by atoms with E-state index in [1.807, 2.05) is 31.2 Å². The number of hydrogen-bond acceptors (Lipinski definition) is 3. The van der Waals surface area contributed by atoms with Crippen molar-refractivity contribution in [2.24, 2.45) is 5.92 Å². The summed E-state index contributed by atoms with van der Waals surface area (Å²) < 4.78 is 0. The first-order valence-electron chi connectivity index (χ1n) is 8.72. The normalized spacial score (nSPS) is 15.9. The summed E-state index contributed by atoms with van der Waals surface area (Å²) in [6, 6.07) is 7.63. The molecule has 0 aliphatic heterocycles. The second-order valence-corrected chi connectivity index (χ2v) is 7.72. The second kappa shape index (κ2) is 9.72. The molecule has 1 saturated carbocycles. The molecule has 4 nitrogen and oxygen atoms in total. The molecule has 0 spiro atoms. The maximum absolute atomic E-state index is 12.4. The number of amides is 2. The summed E-state index contributed by atoms with van der Waals surface area (Å²) in [4.78, 5) is 23.8. The summed E-state index contributed by atoms with van der Waals surface area (Å²) in [6.07, 6.45) is 5.27. The van der Waals surface area contributed by atoms with Gasteiger partial charge in [0.1, 0.15) is 6.04 Å². The first kappa shape index (κ1) is 18.8. The standard InChI is InChI=1S/C19H28N2O2S/c1-14-7-9-16(10-8-14)11-20-19(23)18(21-15(2)22)13-24-12-17-5-3-4-6-17/h7-10,17-18H,3-6,11-13H2,1-2H3,(H,20,23)(H,21,22). The Morgan fingerprint density at radius 2 is 1.88 bits per heavy atom. The molecule has 1 unspecified atom stereocenters. The van der Waals surface area contributed by atoms with Gasteiger partial charge >= 0.3 is 0 Å². The van der Waals surface area contributed by atoms with Crippen LogP contribution in [0.15, 0.2) is 24.3 Å². The average Bonchev–Trinajstić information content (AvgIpc) is 3.06. The summed E-state index contributed by atoms with van der Waals surface area (Å²) in [6.45, 7) is 3.99. The van der Waals surface area contributed by atoms with Crippen LogP contribution >= 0.6 is 11.8 Å². The molecule has 2 amide bonds. The smallest absolute Gasteiger partial charge is 0.243 e. The molecule has 0 aromatic heterocycles. The minimum Gasteiger partial charge on any atom is -0.350 e. The number of carbonyl (C=O) groups excluding carboxylic acids is 2. The highest BCUT2D eigenvalue weighted by molar-refractivity contribution is 7.99. The van der Waals surface area contributed by atoms with E-state index in [1.165, 1.54) is 38.2 Å². The van der Waals surface area contributed by atoms with Gasteiger partial charge in [-0.15, -0.1) is 0 Å². The molecule has 0 radical (unpaired) electrons. The van der Waals surface area contributed by atoms with Crippen molar-refractivity contribution in [1.82, 2.24) is 10.6 Å². The number of hydrogen-bond donors (Lipinski definition) is 2. The van der Waals surface area contributed by atoms with Gasteiger partial charge in [-0.3, -0.25) is 9.59 Å². The fraction of sp³-hybridized carbons (Fsp3) is 0.579. The van der Waals surface area contributed by atoms with E-state index in [2.05, 4.69) is 10.6 Å². The molecule has 2 rings (SSSR count). The average molecular weight is 349 g/mol. The van der Waals surface area contributed by atoms with E-state index in [1.54, 1.807) is 11.8 Å². The molecule has 1 aliphatic rings. The van der Waals surface area contributed by atoms with Gasteiger partial charge in [-0.25, -0.2) is 0 Å². The molecule has 1 aliphatic carbocycles. The molecule has 24 heavy (non-hydrogen) atoms. The molecule has 0 bridgehead atoms. The SMILES string of the molecule is CC(=O)NC(CSCC1CCCC1)C(=O)NCc1ccc(C)cc1. The highest BCUT2D eigenvalue weighted by Crippen LogP contribution is 2.28. The summed E-state index contributed by atoms with van der Waals surface area (Å²) in [5.41, 5.74) is 2.26. The Morgan fingerprint density at radius 1 is 1.21 bits per heavy atom. The van der Waals surface area contributed by atoms with Crippen molar-refractivity contribution in [2.75, 3.05) is 11.5 Å². The zero-order valence-electron chi connectivity index (χ0n) is 14.6. The van der Waals surface area contributed by atoms with Crippen LogP contribution in [0.5, 0.6) is 0 Å². The van der Waals surface area contributed by atoms with E-state index in [0.29, 0.717) is 12.3 Å². The van der Waals surface area contributed by atoms with Crippen molar-refractivity contribution < 1.29 is 9.59 Å². The highest BCUT2D eigenvalue weighted by atomic mass is 32.2. The lowest BCUT2D eigenvalue weighted by atomic mass is 10.1. The van der Waals surface area contributed by atoms with Crippen molar-refractivity contribution in [2.45, 2.75) is 52.1 Å². The number of rotatable bonds is 8. The van der Waals surface area contributed by atoms with Crippen molar-refractivity contribution in [3.63, 3.8) is 0 Å². The Hall–Kier alpha value is -1.49. The van der Waals surface area contributed by atoms with Gasteiger partial charge in [0.15, 0.2) is 0 Å². The third-order valence-electron chi connectivity index (χ3n) is 4.39. The predicted molar refractivity (Wildman–Crippen MR) is 99.9 cm³/mol. The number of benzene rings is 1. The van der Waals surface area contributed by atoms with Crippen LogP contribution in [0.2, 0.25) is 0 Å². The molecule has 1 aromatic rings. The Balaban J connectivity index is 1.79. The van der Waals surface area contributed by atoms with Gasteiger partial charge in [-0.2, -0.15) is 11.8 Å². The van der Waals surface area contributed by atoms with E-state index >= 15 is 0 Å². The quantitative estimate of drug-likeness (QED) is 0.759. The van der Waals surface area contributed by atoms with Gasteiger partial charge in [0, 0.05) is 19.2 Å². The van der Waals surface area contributed by atoms with Crippen molar-refractivity contribution in [3.8, 4) is 0 Å². The molecule has 5 heteroatoms. The van der Waals surface area contributed by atoms with E-state index in [-0.39, 0.29) is 11.8 Å². The molecule has 2 N–H and O–H groups in total. The molecule has 0 heterocycles. The zero-order valence-corrected chi connectivity index (χ0v) is 15.5. The topological polar surface area (TPSA) is 58.2 Å². The summed E-state index contributed by atoms with van der Waals surface area (Å²) in [5.74, 6) is 2.23. The van der Waals surface area contributed by atoms with E-state index in [4.69, 9.17) is 0 Å². The fourth-order valence-electron chi connectivity index (χ4n) is 2.98. The van der Waals surface area contributed by atoms with E-state index in [9.17, 15) is 9.59 Å². The molecular formula is C19H28N2O2S. The molecule has 0 saturated heterocycles. The van der Waals surface area contributed by atoms with Crippen LogP contribution in [0.3, 0.4) is 0 Å². The van der Waals surface area contributed by atoms with Crippen molar-refractivity contribution in [3.05, 3.63) is 35.4 Å². The van der Waals surface area contributed by atoms with Gasteiger partial charge in [0.05, 0.1) is 0 Å². The van der Waals surface area contributed by atoms with Crippen LogP contribution in [-0.2, 0) is 16.1 Å². The van der Waals surface area contributed by atoms with Crippen molar-refractivity contribution in [1.29, 1.82) is 0 Å². The third kappa shape index (κ3) is 6.56. The lowest BCUT2D eigenvalue weighted by molar-refractivity contribution is -0.127. The Bertz CT molecular complexity index is 539. The van der Waals surface area contributed by atoms with E-state index in [0.717, 1.165) is 17.2 Å². The summed E-state index contributed by atoms with van der Waals surface area (Å²) in [5, 5.41) is 5.71. The number of nitrogens with one attached hydrogen (secondary N) is 2. The molecule has 1 aromatic carbocycles. The van der Waals surface area contributed by atoms with E-state index < -0.39 is 6.04 Å². The number of aryl methyl sites for hydroxylation is 1. The monoisotopic (exact) mass is 348 g/mol. The maximum atomic E-state index is 12.4. The van der Waals surface area contributed by atoms with Crippen LogP contribution in [0, 0.1) is 12.8 Å². The van der Waals surface area contributed by atoms with Gasteiger partial charge in [0.25, 0.3) is 0 Å². The lowest BCUT2D eigenvalue weighted by Crippen LogP contribution is -2.47. The minimum atomic E-state index is -0.459. The number of carbonyl (C=O) groups is 2. The van der Waals surface area contributed by atoms with Crippen LogP contribution < -0.4 is 10.6 Å².